The van der Waals surface area contributed by atoms with E-state index < -0.39 is 5.82 Å². The van der Waals surface area contributed by atoms with Crippen LogP contribution in [-0.2, 0) is 0 Å². The average Bonchev–Trinajstić information content (AvgIpc) is 2.37. The van der Waals surface area contributed by atoms with Gasteiger partial charge in [0.25, 0.3) is 0 Å². The van der Waals surface area contributed by atoms with Gasteiger partial charge in [0.2, 0.25) is 0 Å². The van der Waals surface area contributed by atoms with Crippen molar-refractivity contribution in [2.24, 2.45) is 0 Å². The Morgan fingerprint density at radius 1 is 0.952 bits per heavy atom. The number of hydrogen-bond acceptors (Lipinski definition) is 1. The van der Waals surface area contributed by atoms with Crippen LogP contribution in [0.25, 0.3) is 0 Å². The zero-order chi connectivity index (χ0) is 15.7. The maximum absolute atomic E-state index is 13.7. The zero-order valence-corrected chi connectivity index (χ0v) is 14.0. The predicted molar refractivity (Wildman–Crippen MR) is 89.1 cm³/mol. The Hall–Kier alpha value is -1.25. The summed E-state index contributed by atoms with van der Waals surface area (Å²) in [6, 6.07) is 6.95. The first-order chi connectivity index (χ1) is 9.79. The van der Waals surface area contributed by atoms with Crippen molar-refractivity contribution in [3.63, 3.8) is 0 Å². The Kier molecular flexibility index (Phi) is 4.80. The molecular formula is C17H18Cl2FN. The maximum atomic E-state index is 13.7. The molecule has 1 N–H and O–H groups in total. The molecule has 0 saturated carbocycles. The van der Waals surface area contributed by atoms with Crippen molar-refractivity contribution in [3.8, 4) is 0 Å². The van der Waals surface area contributed by atoms with E-state index in [0.717, 1.165) is 16.8 Å². The molecule has 0 spiro atoms. The summed E-state index contributed by atoms with van der Waals surface area (Å²) in [7, 11) is 0. The summed E-state index contributed by atoms with van der Waals surface area (Å²) >= 11 is 11.9. The summed E-state index contributed by atoms with van der Waals surface area (Å²) in [5.41, 5.74) is 5.28. The van der Waals surface area contributed by atoms with Crippen LogP contribution in [0.15, 0.2) is 24.3 Å². The molecule has 1 unspecified atom stereocenters. The Bertz CT molecular complexity index is 660. The minimum atomic E-state index is -0.456. The molecule has 0 fully saturated rings. The lowest BCUT2D eigenvalue weighted by Gasteiger charge is -2.21. The maximum Gasteiger partial charge on any atom is 0.142 e. The number of hydrogen-bond donors (Lipinski definition) is 1. The fourth-order valence-electron chi connectivity index (χ4n) is 2.57. The molecule has 0 heterocycles. The molecule has 0 radical (unpaired) electrons. The van der Waals surface area contributed by atoms with E-state index in [2.05, 4.69) is 38.2 Å². The van der Waals surface area contributed by atoms with Crippen LogP contribution in [0.1, 0.15) is 35.2 Å². The first-order valence-corrected chi connectivity index (χ1v) is 7.54. The van der Waals surface area contributed by atoms with Crippen LogP contribution in [0, 0.1) is 26.6 Å². The quantitative estimate of drug-likeness (QED) is 0.659. The largest absolute Gasteiger partial charge is 0.378 e. The Morgan fingerprint density at radius 3 is 2.10 bits per heavy atom. The molecule has 2 aromatic carbocycles. The van der Waals surface area contributed by atoms with Gasteiger partial charge in [0.05, 0.1) is 11.1 Å². The van der Waals surface area contributed by atoms with Gasteiger partial charge in [-0.05, 0) is 56.5 Å². The lowest BCUT2D eigenvalue weighted by atomic mass is 10.0. The molecule has 0 aromatic heterocycles. The summed E-state index contributed by atoms with van der Waals surface area (Å²) in [5, 5.41) is 3.92. The van der Waals surface area contributed by atoms with Crippen LogP contribution in [0.3, 0.4) is 0 Å². The summed E-state index contributed by atoms with van der Waals surface area (Å²) in [4.78, 5) is 0. The van der Waals surface area contributed by atoms with E-state index in [1.807, 2.05) is 6.92 Å². The average molecular weight is 326 g/mol. The van der Waals surface area contributed by atoms with Gasteiger partial charge in [-0.1, -0.05) is 40.9 Å². The molecule has 2 rings (SSSR count). The van der Waals surface area contributed by atoms with E-state index in [-0.39, 0.29) is 11.1 Å². The minimum Gasteiger partial charge on any atom is -0.378 e. The molecule has 112 valence electrons. The van der Waals surface area contributed by atoms with Crippen LogP contribution < -0.4 is 5.32 Å². The molecule has 0 aliphatic rings. The third-order valence-corrected chi connectivity index (χ3v) is 4.16. The highest BCUT2D eigenvalue weighted by molar-refractivity contribution is 6.35. The highest BCUT2D eigenvalue weighted by Gasteiger charge is 2.15. The number of anilines is 1. The highest BCUT2D eigenvalue weighted by atomic mass is 35.5. The van der Waals surface area contributed by atoms with E-state index in [4.69, 9.17) is 23.2 Å². The topological polar surface area (TPSA) is 12.0 Å². The number of rotatable bonds is 3. The predicted octanol–water partition coefficient (Wildman–Crippen LogP) is 6.23. The normalized spacial score (nSPS) is 12.3. The molecule has 0 amide bonds. The van der Waals surface area contributed by atoms with E-state index in [9.17, 15) is 4.39 Å². The molecule has 0 aliphatic heterocycles. The standard InChI is InChI=1S/C17H18Cl2FN/c1-9-5-10(2)17(11(3)6-9)21-12(4)13-7-16(20)15(19)8-14(13)18/h5-8,12,21H,1-4H3. The molecule has 4 heteroatoms. The second-order valence-electron chi connectivity index (χ2n) is 5.43. The van der Waals surface area contributed by atoms with Crippen LogP contribution in [0.2, 0.25) is 10.0 Å². The van der Waals surface area contributed by atoms with Crippen LogP contribution >= 0.6 is 23.2 Å². The molecule has 0 bridgehead atoms. The van der Waals surface area contributed by atoms with Crippen molar-refractivity contribution >= 4 is 28.9 Å². The molecule has 1 nitrogen and oxygen atoms in total. The minimum absolute atomic E-state index is 0.0404. The van der Waals surface area contributed by atoms with Gasteiger partial charge < -0.3 is 5.32 Å². The zero-order valence-electron chi connectivity index (χ0n) is 12.5. The van der Waals surface area contributed by atoms with Gasteiger partial charge in [0.15, 0.2) is 0 Å². The summed E-state index contributed by atoms with van der Waals surface area (Å²) in [5.74, 6) is -0.456. The van der Waals surface area contributed by atoms with Gasteiger partial charge >= 0.3 is 0 Å². The Morgan fingerprint density at radius 2 is 1.52 bits per heavy atom. The number of nitrogens with one attached hydrogen (secondary N) is 1. The van der Waals surface area contributed by atoms with Gasteiger partial charge in [-0.3, -0.25) is 0 Å². The first-order valence-electron chi connectivity index (χ1n) is 6.78. The molecule has 1 atom stereocenters. The lowest BCUT2D eigenvalue weighted by Crippen LogP contribution is -2.10. The van der Waals surface area contributed by atoms with Crippen molar-refractivity contribution in [2.45, 2.75) is 33.7 Å². The van der Waals surface area contributed by atoms with Crippen molar-refractivity contribution in [3.05, 3.63) is 62.4 Å². The van der Waals surface area contributed by atoms with E-state index in [0.29, 0.717) is 10.6 Å². The second-order valence-corrected chi connectivity index (χ2v) is 6.24. The number of halogens is 3. The van der Waals surface area contributed by atoms with Crippen LogP contribution in [-0.4, -0.2) is 0 Å². The third kappa shape index (κ3) is 3.50. The summed E-state index contributed by atoms with van der Waals surface area (Å²) in [6.45, 7) is 8.13. The van der Waals surface area contributed by atoms with E-state index >= 15 is 0 Å². The third-order valence-electron chi connectivity index (χ3n) is 3.54. The summed E-state index contributed by atoms with van der Waals surface area (Å²) < 4.78 is 13.7. The number of benzene rings is 2. The van der Waals surface area contributed by atoms with Crippen molar-refractivity contribution in [1.29, 1.82) is 0 Å². The summed E-state index contributed by atoms with van der Waals surface area (Å²) in [6.07, 6.45) is 0. The van der Waals surface area contributed by atoms with Crippen molar-refractivity contribution in [1.82, 2.24) is 0 Å². The van der Waals surface area contributed by atoms with Crippen LogP contribution in [0.5, 0.6) is 0 Å². The Balaban J connectivity index is 2.35. The van der Waals surface area contributed by atoms with Gasteiger partial charge in [-0.2, -0.15) is 0 Å². The number of aryl methyl sites for hydroxylation is 3. The molecule has 0 aliphatic carbocycles. The first kappa shape index (κ1) is 16.1. The van der Waals surface area contributed by atoms with E-state index in [1.165, 1.54) is 17.7 Å². The van der Waals surface area contributed by atoms with Gasteiger partial charge in [0, 0.05) is 10.7 Å². The van der Waals surface area contributed by atoms with Gasteiger partial charge in [0.1, 0.15) is 5.82 Å². The van der Waals surface area contributed by atoms with E-state index in [1.54, 1.807) is 0 Å². The second kappa shape index (κ2) is 6.25. The smallest absolute Gasteiger partial charge is 0.142 e. The molecule has 21 heavy (non-hydrogen) atoms. The van der Waals surface area contributed by atoms with Crippen molar-refractivity contribution < 1.29 is 4.39 Å². The molecule has 0 saturated heterocycles. The van der Waals surface area contributed by atoms with Crippen molar-refractivity contribution in [2.75, 3.05) is 5.32 Å². The lowest BCUT2D eigenvalue weighted by molar-refractivity contribution is 0.624. The van der Waals surface area contributed by atoms with Gasteiger partial charge in [-0.25, -0.2) is 4.39 Å². The molecular weight excluding hydrogens is 308 g/mol. The van der Waals surface area contributed by atoms with Gasteiger partial charge in [-0.15, -0.1) is 0 Å². The highest BCUT2D eigenvalue weighted by Crippen LogP contribution is 2.32. The fourth-order valence-corrected chi connectivity index (χ4v) is 3.12. The monoisotopic (exact) mass is 325 g/mol. The Labute approximate surface area is 135 Å². The fraction of sp³-hybridized carbons (Fsp3) is 0.294. The molecule has 2 aromatic rings. The SMILES string of the molecule is Cc1cc(C)c(NC(C)c2cc(F)c(Cl)cc2Cl)c(C)c1. The van der Waals surface area contributed by atoms with Crippen LogP contribution in [0.4, 0.5) is 10.1 Å².